The number of nitrogens with zero attached hydrogens (tertiary/aromatic N) is 2. The first-order valence-corrected chi connectivity index (χ1v) is 5.19. The van der Waals surface area contributed by atoms with Crippen molar-refractivity contribution in [2.75, 3.05) is 21.2 Å². The second-order valence-corrected chi connectivity index (χ2v) is 3.60. The van der Waals surface area contributed by atoms with Crippen LogP contribution in [0.4, 0.5) is 0 Å². The van der Waals surface area contributed by atoms with Crippen LogP contribution >= 0.6 is 0 Å². The zero-order chi connectivity index (χ0) is 12.7. The molecule has 0 atom stereocenters. The third kappa shape index (κ3) is 4.97. The molecule has 0 bridgehead atoms. The van der Waals surface area contributed by atoms with E-state index >= 15 is 0 Å². The van der Waals surface area contributed by atoms with E-state index < -0.39 is 0 Å². The number of benzene rings is 1. The van der Waals surface area contributed by atoms with Gasteiger partial charge in [-0.05, 0) is 23.8 Å². The van der Waals surface area contributed by atoms with Gasteiger partial charge in [0.15, 0.2) is 5.78 Å². The molecule has 0 saturated carbocycles. The van der Waals surface area contributed by atoms with Crippen molar-refractivity contribution in [1.82, 2.24) is 5.01 Å². The summed E-state index contributed by atoms with van der Waals surface area (Å²) < 4.78 is 5.04. The van der Waals surface area contributed by atoms with E-state index in [1.807, 2.05) is 24.3 Å². The van der Waals surface area contributed by atoms with Gasteiger partial charge in [-0.15, -0.1) is 0 Å². The summed E-state index contributed by atoms with van der Waals surface area (Å²) in [6.45, 7) is 0. The number of hydrogen-bond acceptors (Lipinski definition) is 4. The van der Waals surface area contributed by atoms with Gasteiger partial charge in [-0.2, -0.15) is 5.10 Å². The van der Waals surface area contributed by atoms with Crippen LogP contribution in [0.5, 0.6) is 5.75 Å². The molecule has 0 aliphatic rings. The van der Waals surface area contributed by atoms with E-state index in [1.165, 1.54) is 12.3 Å². The topological polar surface area (TPSA) is 41.9 Å². The smallest absolute Gasteiger partial charge is 0.198 e. The molecule has 0 N–H and O–H groups in total. The van der Waals surface area contributed by atoms with Crippen molar-refractivity contribution in [3.8, 4) is 5.75 Å². The molecule has 90 valence electrons. The van der Waals surface area contributed by atoms with Gasteiger partial charge in [0.05, 0.1) is 13.3 Å². The number of carbonyl (C=O) groups is 1. The number of rotatable bonds is 5. The summed E-state index contributed by atoms with van der Waals surface area (Å²) in [5.74, 6) is 0.650. The Kier molecular flexibility index (Phi) is 4.94. The highest BCUT2D eigenvalue weighted by Crippen LogP contribution is 2.12. The fourth-order valence-electron chi connectivity index (χ4n) is 1.11. The van der Waals surface area contributed by atoms with Gasteiger partial charge >= 0.3 is 0 Å². The first-order chi connectivity index (χ1) is 8.11. The number of hydrazone groups is 1. The minimum absolute atomic E-state index is 0.144. The fraction of sp³-hybridized carbons (Fsp3) is 0.231. The van der Waals surface area contributed by atoms with Gasteiger partial charge in [0.1, 0.15) is 5.75 Å². The molecule has 1 aromatic carbocycles. The van der Waals surface area contributed by atoms with Gasteiger partial charge in [0, 0.05) is 14.1 Å². The van der Waals surface area contributed by atoms with E-state index in [0.717, 1.165) is 11.3 Å². The van der Waals surface area contributed by atoms with Gasteiger partial charge in [-0.3, -0.25) is 4.79 Å². The van der Waals surface area contributed by atoms with Crippen molar-refractivity contribution >= 4 is 18.1 Å². The van der Waals surface area contributed by atoms with Crippen LogP contribution in [-0.2, 0) is 4.79 Å². The van der Waals surface area contributed by atoms with Crippen LogP contribution in [0.1, 0.15) is 5.56 Å². The lowest BCUT2D eigenvalue weighted by molar-refractivity contribution is -0.108. The lowest BCUT2D eigenvalue weighted by Gasteiger charge is -2.00. The normalized spacial score (nSPS) is 11.0. The molecule has 1 rings (SSSR count). The Morgan fingerprint density at radius 1 is 1.29 bits per heavy atom. The standard InChI is InChI=1S/C13H16N2O2/c1-15(2)14-10-12(16)7-4-11-5-8-13(17-3)9-6-11/h4-10H,1-3H3/b7-4+,14-10+. The highest BCUT2D eigenvalue weighted by atomic mass is 16.5. The van der Waals surface area contributed by atoms with Crippen LogP contribution in [-0.4, -0.2) is 38.2 Å². The quantitative estimate of drug-likeness (QED) is 0.442. The van der Waals surface area contributed by atoms with Crippen molar-refractivity contribution in [1.29, 1.82) is 0 Å². The largest absolute Gasteiger partial charge is 0.497 e. The predicted molar refractivity (Wildman–Crippen MR) is 69.2 cm³/mol. The first kappa shape index (κ1) is 13.0. The number of ketones is 1. The SMILES string of the molecule is COc1ccc(/C=C/C(=O)/C=N/N(C)C)cc1. The van der Waals surface area contributed by atoms with E-state index in [9.17, 15) is 4.79 Å². The number of carbonyl (C=O) groups excluding carboxylic acids is 1. The molecule has 4 heteroatoms. The van der Waals surface area contributed by atoms with Gasteiger partial charge in [-0.1, -0.05) is 18.2 Å². The molecule has 0 aliphatic heterocycles. The molecule has 0 heterocycles. The fourth-order valence-corrected chi connectivity index (χ4v) is 1.11. The summed E-state index contributed by atoms with van der Waals surface area (Å²) in [5.41, 5.74) is 0.942. The Hall–Kier alpha value is -2.10. The number of methoxy groups -OCH3 is 1. The first-order valence-electron chi connectivity index (χ1n) is 5.19. The minimum atomic E-state index is -0.144. The third-order valence-corrected chi connectivity index (χ3v) is 1.97. The minimum Gasteiger partial charge on any atom is -0.497 e. The molecule has 0 amide bonds. The number of hydrogen-bond donors (Lipinski definition) is 0. The van der Waals surface area contributed by atoms with Crippen LogP contribution in [0.15, 0.2) is 35.4 Å². The summed E-state index contributed by atoms with van der Waals surface area (Å²) in [7, 11) is 5.14. The van der Waals surface area contributed by atoms with Crippen LogP contribution in [0.3, 0.4) is 0 Å². The van der Waals surface area contributed by atoms with Crippen LogP contribution < -0.4 is 4.74 Å². The van der Waals surface area contributed by atoms with Gasteiger partial charge in [-0.25, -0.2) is 0 Å². The average Bonchev–Trinajstić information content (AvgIpc) is 2.34. The Morgan fingerprint density at radius 2 is 1.94 bits per heavy atom. The zero-order valence-corrected chi connectivity index (χ0v) is 10.3. The number of allylic oxidation sites excluding steroid dienone is 1. The summed E-state index contributed by atoms with van der Waals surface area (Å²) in [6.07, 6.45) is 4.50. The molecule has 17 heavy (non-hydrogen) atoms. The molecule has 0 radical (unpaired) electrons. The Balaban J connectivity index is 2.60. The second-order valence-electron chi connectivity index (χ2n) is 3.60. The molecular formula is C13H16N2O2. The summed E-state index contributed by atoms with van der Waals surface area (Å²) in [5, 5.41) is 5.42. The average molecular weight is 232 g/mol. The van der Waals surface area contributed by atoms with Crippen molar-refractivity contribution in [3.05, 3.63) is 35.9 Å². The molecule has 0 aliphatic carbocycles. The van der Waals surface area contributed by atoms with Crippen molar-refractivity contribution in [2.45, 2.75) is 0 Å². The Morgan fingerprint density at radius 3 is 2.47 bits per heavy atom. The van der Waals surface area contributed by atoms with E-state index in [4.69, 9.17) is 4.74 Å². The van der Waals surface area contributed by atoms with Gasteiger partial charge < -0.3 is 9.75 Å². The summed E-state index contributed by atoms with van der Waals surface area (Å²) in [6, 6.07) is 7.45. The van der Waals surface area contributed by atoms with E-state index in [2.05, 4.69) is 5.10 Å². The molecule has 1 aromatic rings. The Labute approximate surface area is 101 Å². The van der Waals surface area contributed by atoms with E-state index in [0.29, 0.717) is 0 Å². The summed E-state index contributed by atoms with van der Waals surface area (Å²) >= 11 is 0. The lowest BCUT2D eigenvalue weighted by Crippen LogP contribution is -2.05. The van der Waals surface area contributed by atoms with Crippen molar-refractivity contribution in [2.24, 2.45) is 5.10 Å². The third-order valence-electron chi connectivity index (χ3n) is 1.97. The highest BCUT2D eigenvalue weighted by Gasteiger charge is 1.93. The molecule has 0 saturated heterocycles. The van der Waals surface area contributed by atoms with Crippen molar-refractivity contribution < 1.29 is 9.53 Å². The van der Waals surface area contributed by atoms with E-state index in [-0.39, 0.29) is 5.78 Å². The maximum absolute atomic E-state index is 11.4. The number of ether oxygens (including phenoxy) is 1. The van der Waals surface area contributed by atoms with Gasteiger partial charge in [0.2, 0.25) is 0 Å². The van der Waals surface area contributed by atoms with Gasteiger partial charge in [0.25, 0.3) is 0 Å². The summed E-state index contributed by atoms with van der Waals surface area (Å²) in [4.78, 5) is 11.4. The molecule has 4 nitrogen and oxygen atoms in total. The molecule has 0 aromatic heterocycles. The highest BCUT2D eigenvalue weighted by molar-refractivity contribution is 6.33. The Bertz CT molecular complexity index is 420. The molecule has 0 unspecified atom stereocenters. The monoisotopic (exact) mass is 232 g/mol. The maximum Gasteiger partial charge on any atom is 0.198 e. The lowest BCUT2D eigenvalue weighted by atomic mass is 10.2. The zero-order valence-electron chi connectivity index (χ0n) is 10.3. The molecule has 0 spiro atoms. The van der Waals surface area contributed by atoms with Crippen molar-refractivity contribution in [3.63, 3.8) is 0 Å². The van der Waals surface area contributed by atoms with Crippen LogP contribution in [0, 0.1) is 0 Å². The maximum atomic E-state index is 11.4. The van der Waals surface area contributed by atoms with Crippen LogP contribution in [0.25, 0.3) is 6.08 Å². The second kappa shape index (κ2) is 6.48. The molecule has 0 fully saturated rings. The van der Waals surface area contributed by atoms with E-state index in [1.54, 1.807) is 32.3 Å². The molecular weight excluding hydrogens is 216 g/mol. The predicted octanol–water partition coefficient (Wildman–Crippen LogP) is 1.82. The van der Waals surface area contributed by atoms with Crippen LogP contribution in [0.2, 0.25) is 0 Å².